The summed E-state index contributed by atoms with van der Waals surface area (Å²) >= 11 is 6.75. The maximum atomic E-state index is 11.9. The number of carbonyl (C=O) groups excluding carboxylic acids is 1. The van der Waals surface area contributed by atoms with Gasteiger partial charge in [-0.2, -0.15) is 0 Å². The lowest BCUT2D eigenvalue weighted by molar-refractivity contribution is -0.119. The molecule has 0 unspecified atom stereocenters. The van der Waals surface area contributed by atoms with Crippen molar-refractivity contribution in [2.75, 3.05) is 31.3 Å². The molecule has 4 nitrogen and oxygen atoms in total. The van der Waals surface area contributed by atoms with E-state index in [-0.39, 0.29) is 12.5 Å². The highest BCUT2D eigenvalue weighted by atomic mass is 32.2. The van der Waals surface area contributed by atoms with E-state index in [1.165, 1.54) is 0 Å². The second kappa shape index (κ2) is 8.24. The molecule has 0 saturated carbocycles. The molecular formula is C15H23N3OS2. The van der Waals surface area contributed by atoms with Crippen LogP contribution in [0.5, 0.6) is 0 Å². The number of carbonyl (C=O) groups is 1. The van der Waals surface area contributed by atoms with E-state index in [0.29, 0.717) is 17.5 Å². The summed E-state index contributed by atoms with van der Waals surface area (Å²) in [4.78, 5) is 15.2. The number of nitrogens with zero attached hydrogens (tertiary/aromatic N) is 1. The third kappa shape index (κ3) is 5.21. The third-order valence-electron chi connectivity index (χ3n) is 2.97. The Morgan fingerprint density at radius 3 is 2.67 bits per heavy atom. The molecule has 0 spiro atoms. The lowest BCUT2D eigenvalue weighted by Gasteiger charge is -2.23. The predicted molar refractivity (Wildman–Crippen MR) is 95.2 cm³/mol. The van der Waals surface area contributed by atoms with Crippen molar-refractivity contribution in [1.29, 1.82) is 0 Å². The van der Waals surface area contributed by atoms with Crippen molar-refractivity contribution in [2.45, 2.75) is 18.7 Å². The monoisotopic (exact) mass is 325 g/mol. The Labute approximate surface area is 136 Å². The first-order valence-corrected chi connectivity index (χ1v) is 8.44. The topological polar surface area (TPSA) is 58.4 Å². The quantitative estimate of drug-likeness (QED) is 0.595. The maximum absolute atomic E-state index is 11.9. The Hall–Kier alpha value is -1.27. The number of anilines is 1. The lowest BCUT2D eigenvalue weighted by atomic mass is 10.1. The van der Waals surface area contributed by atoms with Gasteiger partial charge in [0, 0.05) is 29.7 Å². The van der Waals surface area contributed by atoms with Crippen molar-refractivity contribution in [1.82, 2.24) is 5.32 Å². The molecule has 0 radical (unpaired) electrons. The van der Waals surface area contributed by atoms with Crippen LogP contribution in [0.25, 0.3) is 0 Å². The zero-order valence-corrected chi connectivity index (χ0v) is 14.6. The molecule has 1 amide bonds. The summed E-state index contributed by atoms with van der Waals surface area (Å²) in [5.41, 5.74) is 7.56. The normalized spacial score (nSPS) is 10.5. The molecule has 3 N–H and O–H groups in total. The molecular weight excluding hydrogens is 302 g/mol. The van der Waals surface area contributed by atoms with Crippen molar-refractivity contribution in [3.8, 4) is 0 Å². The van der Waals surface area contributed by atoms with Crippen LogP contribution in [0.1, 0.15) is 19.4 Å². The van der Waals surface area contributed by atoms with E-state index in [4.69, 9.17) is 18.0 Å². The minimum atomic E-state index is -0.00496. The Kier molecular flexibility index (Phi) is 6.98. The van der Waals surface area contributed by atoms with Crippen LogP contribution in [0.15, 0.2) is 23.1 Å². The zero-order valence-electron chi connectivity index (χ0n) is 13.0. The summed E-state index contributed by atoms with van der Waals surface area (Å²) in [6.45, 7) is 5.09. The average molecular weight is 326 g/mol. The van der Waals surface area contributed by atoms with Crippen LogP contribution in [0.3, 0.4) is 0 Å². The number of benzene rings is 1. The standard InChI is InChI=1S/C15H23N3OS2/c1-10(2)8-17-13(19)9-18(3)11-6-5-7-12(21-4)14(11)15(16)20/h5-7,10H,8-9H2,1-4H3,(H2,16,20)(H,17,19). The fourth-order valence-corrected chi connectivity index (χ4v) is 2.84. The summed E-state index contributed by atoms with van der Waals surface area (Å²) in [6, 6.07) is 5.87. The van der Waals surface area contributed by atoms with Crippen molar-refractivity contribution in [3.63, 3.8) is 0 Å². The molecule has 6 heteroatoms. The SMILES string of the molecule is CSc1cccc(N(C)CC(=O)NCC(C)C)c1C(N)=S. The number of amides is 1. The van der Waals surface area contributed by atoms with E-state index in [1.54, 1.807) is 11.8 Å². The molecule has 0 heterocycles. The third-order valence-corrected chi connectivity index (χ3v) is 3.95. The number of hydrogen-bond acceptors (Lipinski definition) is 4. The minimum Gasteiger partial charge on any atom is -0.389 e. The number of thiocarbonyl (C=S) groups is 1. The van der Waals surface area contributed by atoms with Gasteiger partial charge in [0.05, 0.1) is 6.54 Å². The molecule has 116 valence electrons. The predicted octanol–water partition coefficient (Wildman–Crippen LogP) is 2.25. The smallest absolute Gasteiger partial charge is 0.239 e. The molecule has 0 aliphatic rings. The molecule has 0 aliphatic heterocycles. The van der Waals surface area contributed by atoms with Gasteiger partial charge in [0.15, 0.2) is 0 Å². The molecule has 1 aromatic rings. The Bertz CT molecular complexity index is 518. The van der Waals surface area contributed by atoms with Gasteiger partial charge in [-0.05, 0) is 24.3 Å². The number of nitrogens with two attached hydrogens (primary N) is 1. The number of rotatable bonds is 7. The molecule has 0 bridgehead atoms. The highest BCUT2D eigenvalue weighted by Crippen LogP contribution is 2.29. The molecule has 0 atom stereocenters. The number of hydrogen-bond donors (Lipinski definition) is 2. The van der Waals surface area contributed by atoms with Gasteiger partial charge >= 0.3 is 0 Å². The summed E-state index contributed by atoms with van der Waals surface area (Å²) in [5, 5.41) is 2.91. The number of nitrogens with one attached hydrogen (secondary N) is 1. The highest BCUT2D eigenvalue weighted by molar-refractivity contribution is 7.98. The van der Waals surface area contributed by atoms with E-state index in [1.807, 2.05) is 36.4 Å². The molecule has 0 saturated heterocycles. The minimum absolute atomic E-state index is 0.00496. The highest BCUT2D eigenvalue weighted by Gasteiger charge is 2.15. The Morgan fingerprint density at radius 1 is 1.48 bits per heavy atom. The van der Waals surface area contributed by atoms with Crippen LogP contribution in [0, 0.1) is 5.92 Å². The van der Waals surface area contributed by atoms with Gasteiger partial charge in [-0.3, -0.25) is 4.79 Å². The van der Waals surface area contributed by atoms with Gasteiger partial charge in [-0.25, -0.2) is 0 Å². The van der Waals surface area contributed by atoms with Gasteiger partial charge in [-0.1, -0.05) is 32.1 Å². The first kappa shape index (κ1) is 17.8. The summed E-state index contributed by atoms with van der Waals surface area (Å²) < 4.78 is 0. The van der Waals surface area contributed by atoms with Crippen molar-refractivity contribution in [3.05, 3.63) is 23.8 Å². The molecule has 0 fully saturated rings. The first-order chi connectivity index (χ1) is 9.86. The fraction of sp³-hybridized carbons (Fsp3) is 0.467. The molecule has 1 rings (SSSR count). The summed E-state index contributed by atoms with van der Waals surface area (Å²) in [7, 11) is 1.87. The summed E-state index contributed by atoms with van der Waals surface area (Å²) in [6.07, 6.45) is 1.98. The van der Waals surface area contributed by atoms with E-state index >= 15 is 0 Å². The van der Waals surface area contributed by atoms with Crippen LogP contribution < -0.4 is 16.0 Å². The largest absolute Gasteiger partial charge is 0.389 e. The molecule has 1 aromatic carbocycles. The average Bonchev–Trinajstić information content (AvgIpc) is 2.43. The van der Waals surface area contributed by atoms with E-state index in [9.17, 15) is 4.79 Å². The zero-order chi connectivity index (χ0) is 16.0. The van der Waals surface area contributed by atoms with Gasteiger partial charge in [0.25, 0.3) is 0 Å². The first-order valence-electron chi connectivity index (χ1n) is 6.81. The molecule has 21 heavy (non-hydrogen) atoms. The maximum Gasteiger partial charge on any atom is 0.239 e. The van der Waals surface area contributed by atoms with Gasteiger partial charge in [0.2, 0.25) is 5.91 Å². The number of thioether (sulfide) groups is 1. The Balaban J connectivity index is 2.89. The van der Waals surface area contributed by atoms with Crippen molar-refractivity contribution >= 4 is 40.6 Å². The summed E-state index contributed by atoms with van der Waals surface area (Å²) in [5.74, 6) is 0.431. The lowest BCUT2D eigenvalue weighted by Crippen LogP contribution is -2.37. The second-order valence-corrected chi connectivity index (χ2v) is 6.56. The van der Waals surface area contributed by atoms with Crippen LogP contribution in [-0.2, 0) is 4.79 Å². The fourth-order valence-electron chi connectivity index (χ4n) is 1.93. The van der Waals surface area contributed by atoms with Gasteiger partial charge in [-0.15, -0.1) is 11.8 Å². The second-order valence-electron chi connectivity index (χ2n) is 5.27. The van der Waals surface area contributed by atoms with Crippen LogP contribution >= 0.6 is 24.0 Å². The van der Waals surface area contributed by atoms with E-state index in [2.05, 4.69) is 19.2 Å². The molecule has 0 aliphatic carbocycles. The molecule has 0 aromatic heterocycles. The van der Waals surface area contributed by atoms with E-state index in [0.717, 1.165) is 16.1 Å². The Morgan fingerprint density at radius 2 is 2.14 bits per heavy atom. The van der Waals surface area contributed by atoms with Gasteiger partial charge < -0.3 is 16.0 Å². The van der Waals surface area contributed by atoms with Crippen molar-refractivity contribution < 1.29 is 4.79 Å². The van der Waals surface area contributed by atoms with E-state index < -0.39 is 0 Å². The van der Waals surface area contributed by atoms with Crippen LogP contribution in [0.4, 0.5) is 5.69 Å². The number of likely N-dealkylation sites (N-methyl/N-ethyl adjacent to an activating group) is 1. The van der Waals surface area contributed by atoms with Crippen LogP contribution in [-0.4, -0.2) is 37.3 Å². The van der Waals surface area contributed by atoms with Crippen molar-refractivity contribution in [2.24, 2.45) is 11.7 Å². The van der Waals surface area contributed by atoms with Gasteiger partial charge in [0.1, 0.15) is 4.99 Å². The van der Waals surface area contributed by atoms with Crippen LogP contribution in [0.2, 0.25) is 0 Å².